The molecule has 131 heavy (non-hydrogen) atoms. The number of hydrazine groups is 2. The third-order valence-electron chi connectivity index (χ3n) is 19.9. The maximum Gasteiger partial charge on any atom is 0.408 e. The number of carboxylic acids is 1. The fraction of sp³-hybridized carbons (Fsp3) is 0.674. The highest BCUT2D eigenvalue weighted by Crippen LogP contribution is 2.26. The summed E-state index contributed by atoms with van der Waals surface area (Å²) in [5.74, 6) is -11.4. The highest BCUT2D eigenvalue weighted by Gasteiger charge is 2.43. The van der Waals surface area contributed by atoms with Gasteiger partial charge in [0, 0.05) is 52.2 Å². The van der Waals surface area contributed by atoms with E-state index in [0.717, 1.165) is 4.90 Å². The second-order valence-corrected chi connectivity index (χ2v) is 36.6. The highest BCUT2D eigenvalue weighted by atomic mass is 16.7. The van der Waals surface area contributed by atoms with Crippen LogP contribution in [0, 0.1) is 32.1 Å². The fourth-order valence-corrected chi connectivity index (χ4v) is 13.8. The smallest absolute Gasteiger partial charge is 0.408 e. The molecule has 0 bridgehead atoms. The van der Waals surface area contributed by atoms with Gasteiger partial charge in [-0.2, -0.15) is 0 Å². The second-order valence-electron chi connectivity index (χ2n) is 36.6. The van der Waals surface area contributed by atoms with Crippen molar-refractivity contribution in [2.45, 2.75) is 316 Å². The lowest BCUT2D eigenvalue weighted by atomic mass is 9.98. The molecule has 0 spiro atoms. The van der Waals surface area contributed by atoms with E-state index in [9.17, 15) is 73.3 Å². The Morgan fingerprint density at radius 3 is 1.22 bits per heavy atom. The third kappa shape index (κ3) is 44.0. The number of hydrogen-bond acceptors (Lipinski definition) is 25. The van der Waals surface area contributed by atoms with Crippen LogP contribution >= 0.6 is 0 Å². The van der Waals surface area contributed by atoms with Gasteiger partial charge in [-0.05, 0) is 227 Å². The number of benzene rings is 2. The third-order valence-corrected chi connectivity index (χ3v) is 19.9. The number of aliphatic carboxylic acids is 1. The van der Waals surface area contributed by atoms with Gasteiger partial charge in [-0.15, -0.1) is 0 Å². The zero-order chi connectivity index (χ0) is 98.1. The predicted molar refractivity (Wildman–Crippen MR) is 480 cm³/mol. The molecule has 13 amide bonds. The van der Waals surface area contributed by atoms with Crippen molar-refractivity contribution in [1.82, 2.24) is 79.1 Å². The average Bonchev–Trinajstić information content (AvgIpc) is 1.70. The topological polar surface area (TPSA) is 631 Å². The minimum Gasteiger partial charge on any atom is -0.488 e. The van der Waals surface area contributed by atoms with Crippen molar-refractivity contribution in [3.05, 3.63) is 86.0 Å². The lowest BCUT2D eigenvalue weighted by Gasteiger charge is -2.32. The maximum absolute atomic E-state index is 15.4. The van der Waals surface area contributed by atoms with E-state index in [4.69, 9.17) is 35.2 Å². The molecule has 2 aromatic carbocycles. The Hall–Kier alpha value is -12.6. The number of unbranched alkanes of at least 4 members (excludes halogenated alkanes) is 3. The molecule has 10 atom stereocenters. The van der Waals surface area contributed by atoms with Gasteiger partial charge < -0.3 is 109 Å². The number of carboxylic acid groups (broad SMARTS) is 1. The predicted octanol–water partition coefficient (Wildman–Crippen LogP) is 4.31. The van der Waals surface area contributed by atoms with Gasteiger partial charge in [-0.3, -0.25) is 43.2 Å². The van der Waals surface area contributed by atoms with Crippen LogP contribution in [0.4, 0.5) is 19.2 Å². The summed E-state index contributed by atoms with van der Waals surface area (Å²) in [5, 5.41) is 60.4. The number of nitro groups is 2. The van der Waals surface area contributed by atoms with Crippen molar-refractivity contribution in [3.8, 4) is 5.75 Å². The number of carbonyl (C=O) groups excluding carboxylic acids is 13. The molecule has 0 aromatic heterocycles. The normalized spacial score (nSPS) is 16.0. The summed E-state index contributed by atoms with van der Waals surface area (Å²) in [7, 11) is 0. The lowest BCUT2D eigenvalue weighted by molar-refractivity contribution is -0.525. The summed E-state index contributed by atoms with van der Waals surface area (Å²) in [6.07, 6.45) is -2.86. The Balaban J connectivity index is 1.76. The van der Waals surface area contributed by atoms with Gasteiger partial charge in [0.2, 0.25) is 53.2 Å². The summed E-state index contributed by atoms with van der Waals surface area (Å²) in [5.41, 5.74) is 13.0. The number of guanidine groups is 2. The van der Waals surface area contributed by atoms with Gasteiger partial charge in [0.25, 0.3) is 11.9 Å². The van der Waals surface area contributed by atoms with Crippen LogP contribution in [0.3, 0.4) is 0 Å². The van der Waals surface area contributed by atoms with Crippen molar-refractivity contribution >= 4 is 95.4 Å². The maximum atomic E-state index is 15.4. The molecule has 0 aliphatic carbocycles. The first-order valence-electron chi connectivity index (χ1n) is 44.3. The van der Waals surface area contributed by atoms with Crippen molar-refractivity contribution in [2.24, 2.45) is 33.3 Å². The van der Waals surface area contributed by atoms with Crippen molar-refractivity contribution in [1.29, 1.82) is 0 Å². The molecule has 45 heteroatoms. The number of hydrogen-bond donors (Lipinski definition) is 16. The quantitative estimate of drug-likeness (QED) is 0.0110. The number of carbonyl (C=O) groups is 14. The van der Waals surface area contributed by atoms with E-state index in [1.165, 1.54) is 4.90 Å². The Labute approximate surface area is 763 Å². The molecule has 732 valence electrons. The summed E-state index contributed by atoms with van der Waals surface area (Å²) in [6.45, 7) is 26.5. The molecule has 2 heterocycles. The van der Waals surface area contributed by atoms with Gasteiger partial charge in [0.15, 0.2) is 10.1 Å². The number of nitrogens with one attached hydrogen (secondary N) is 13. The molecule has 45 nitrogen and oxygen atoms in total. The van der Waals surface area contributed by atoms with E-state index in [-0.39, 0.29) is 162 Å². The number of aliphatic imine (C=N–C) groups is 2. The molecule has 2 aliphatic rings. The standard InChI is InChI=1S/C86H139N21O24/c1-52(2)65(73(114)98-62(75(116)105-49-29-38-64(105)76(117)118)50-54-39-41-56(42-40-54)128-83(5,6)7)100-70(111)58(33-21-24-44-92-80(120)130-85(11,12)13)96-72(113)66(53(3)4)101-71(112)63-37-28-48-104(63)74(115)61(36-27-47-90-78(88)103-107(125)126)97-68(109)59(35-26-46-89-77(87)102-106(123)124)95-67(108)57(32-20-23-43-91-79(119)129-84(8,9)10)94-69(110)60(34-22-25-45-93-81(121)131-86(14,15)16)99-82(122)127-51-55-30-18-17-19-31-55/h17-19,30-31,39-42,52-53,57-66H,20-29,32-38,43-51H2,1-16H3,(H,91,119)(H,92,120)(H,93,121)(H,94,110)(H,95,108)(H,96,113)(H,97,109)(H,98,114)(H,99,122)(H,100,111)(H,101,112)(H,117,118)(H3,87,89,102)(H3,88,90,103)/t57-,58-,59-,60-,61-,62-,63-,64-,65-,66-/m0/s1. The summed E-state index contributed by atoms with van der Waals surface area (Å²) in [6, 6.07) is 0.899. The minimum absolute atomic E-state index is 0.0171. The van der Waals surface area contributed by atoms with E-state index in [1.807, 2.05) is 20.8 Å². The van der Waals surface area contributed by atoms with Gasteiger partial charge in [-0.25, -0.2) is 54.2 Å². The molecule has 0 saturated carbocycles. The number of rotatable bonds is 50. The van der Waals surface area contributed by atoms with E-state index < -0.39 is 200 Å². The zero-order valence-corrected chi connectivity index (χ0v) is 78.2. The lowest BCUT2D eigenvalue weighted by Crippen LogP contribution is -2.61. The molecule has 2 aliphatic heterocycles. The average molecular weight is 1850 g/mol. The fourth-order valence-electron chi connectivity index (χ4n) is 13.8. The first-order valence-corrected chi connectivity index (χ1v) is 44.3. The number of amides is 13. The van der Waals surface area contributed by atoms with Crippen LogP contribution in [-0.4, -0.2) is 249 Å². The van der Waals surface area contributed by atoms with Gasteiger partial charge in [-0.1, -0.05) is 81.0 Å². The Morgan fingerprint density at radius 1 is 0.443 bits per heavy atom. The van der Waals surface area contributed by atoms with Crippen LogP contribution in [0.15, 0.2) is 64.6 Å². The largest absolute Gasteiger partial charge is 0.488 e. The molecular formula is C86H139N21O24. The number of alkyl carbamates (subject to hydrolysis) is 4. The number of likely N-dealkylation sites (tertiary alicyclic amines) is 2. The molecular weight excluding hydrogens is 1710 g/mol. The molecule has 18 N–H and O–H groups in total. The Bertz CT molecular complexity index is 4210. The van der Waals surface area contributed by atoms with Crippen LogP contribution in [0.5, 0.6) is 5.75 Å². The van der Waals surface area contributed by atoms with E-state index >= 15 is 19.2 Å². The monoisotopic (exact) mass is 1850 g/mol. The SMILES string of the molecule is CC(C)[C@H](NC(=O)[C@H](CCCCNC(=O)OC(C)(C)C)NC(=O)[C@@H](NC(=O)[C@@H]1CCCN1C(=O)[C@H](CCCN=C(N)N[N+](=O)[O-])NC(=O)[C@H](CCCN=C(N)N[N+](=O)[O-])NC(=O)[C@H](CCCCNC(=O)OC(C)(C)C)NC(=O)[C@H](CCCCNC(=O)OC(C)(C)C)NC(=O)OCc1ccccc1)C(C)C)C(=O)N[C@@H](Cc1ccc(OC(C)(C)C)cc1)C(=O)N1CCC[C@H]1C(=O)O. The summed E-state index contributed by atoms with van der Waals surface area (Å²) < 4.78 is 27.6. The second kappa shape index (κ2) is 54.1. The number of nitrogens with two attached hydrogens (primary N) is 2. The van der Waals surface area contributed by atoms with Crippen molar-refractivity contribution in [2.75, 3.05) is 45.8 Å². The molecule has 0 radical (unpaired) electrons. The first kappa shape index (κ1) is 111. The van der Waals surface area contributed by atoms with E-state index in [0.29, 0.717) is 23.3 Å². The minimum atomic E-state index is -1.69. The van der Waals surface area contributed by atoms with E-state index in [2.05, 4.69) is 68.5 Å². The Morgan fingerprint density at radius 2 is 0.809 bits per heavy atom. The van der Waals surface area contributed by atoms with Crippen LogP contribution < -0.4 is 85.5 Å². The van der Waals surface area contributed by atoms with Gasteiger partial charge in [0.05, 0.1) is 0 Å². The van der Waals surface area contributed by atoms with Crippen molar-refractivity contribution < 1.29 is 106 Å². The van der Waals surface area contributed by atoms with E-state index in [1.54, 1.807) is 155 Å². The van der Waals surface area contributed by atoms with Crippen LogP contribution in [0.25, 0.3) is 0 Å². The zero-order valence-electron chi connectivity index (χ0n) is 78.2. The van der Waals surface area contributed by atoms with Crippen LogP contribution in [0.2, 0.25) is 0 Å². The summed E-state index contributed by atoms with van der Waals surface area (Å²) >= 11 is 0. The number of nitrogens with zero attached hydrogens (tertiary/aromatic N) is 6. The Kier molecular flexibility index (Phi) is 45.7. The molecule has 4 rings (SSSR count). The first-order chi connectivity index (χ1) is 61.3. The highest BCUT2D eigenvalue weighted by molar-refractivity contribution is 5.99. The van der Waals surface area contributed by atoms with Gasteiger partial charge in [0.1, 0.15) is 95.2 Å². The van der Waals surface area contributed by atoms with Crippen LogP contribution in [-0.2, 0) is 79.9 Å². The molecule has 2 aromatic rings. The van der Waals surface area contributed by atoms with Crippen LogP contribution in [0.1, 0.15) is 231 Å². The van der Waals surface area contributed by atoms with Crippen molar-refractivity contribution in [3.63, 3.8) is 0 Å². The summed E-state index contributed by atoms with van der Waals surface area (Å²) in [4.78, 5) is 232. The van der Waals surface area contributed by atoms with Gasteiger partial charge >= 0.3 is 30.3 Å². The molecule has 2 fully saturated rings. The molecule has 0 unspecified atom stereocenters. The number of ether oxygens (including phenoxy) is 5. The molecule has 2 saturated heterocycles.